The monoisotopic (exact) mass is 262 g/mol. The van der Waals surface area contributed by atoms with Crippen molar-refractivity contribution in [3.05, 3.63) is 47.5 Å². The Morgan fingerprint density at radius 3 is 2.94 bits per heavy atom. The molecule has 0 unspecified atom stereocenters. The average molecular weight is 263 g/mol. The van der Waals surface area contributed by atoms with Gasteiger partial charge in [0.25, 0.3) is 0 Å². The first-order valence-corrected chi connectivity index (χ1v) is 5.58. The van der Waals surface area contributed by atoms with Crippen LogP contribution >= 0.6 is 11.6 Å². The fourth-order valence-corrected chi connectivity index (χ4v) is 2.06. The Kier molecular flexibility index (Phi) is 2.41. The minimum atomic E-state index is -0.385. The molecule has 0 aliphatic carbocycles. The molecule has 0 saturated carbocycles. The van der Waals surface area contributed by atoms with E-state index in [4.69, 9.17) is 17.3 Å². The Labute approximate surface area is 107 Å². The molecule has 3 rings (SSSR count). The second-order valence-electron chi connectivity index (χ2n) is 3.77. The van der Waals surface area contributed by atoms with E-state index in [0.29, 0.717) is 16.2 Å². The summed E-state index contributed by atoms with van der Waals surface area (Å²) in [6.07, 6.45) is 3.21. The highest BCUT2D eigenvalue weighted by atomic mass is 35.5. The van der Waals surface area contributed by atoms with Gasteiger partial charge in [-0.1, -0.05) is 11.6 Å². The number of fused-ring (bicyclic) bond motifs is 1. The molecular weight excluding hydrogens is 255 g/mol. The number of rotatable bonds is 1. The van der Waals surface area contributed by atoms with Gasteiger partial charge < -0.3 is 5.73 Å². The predicted molar refractivity (Wildman–Crippen MR) is 68.2 cm³/mol. The zero-order valence-corrected chi connectivity index (χ0v) is 9.89. The summed E-state index contributed by atoms with van der Waals surface area (Å²) < 4.78 is 14.9. The van der Waals surface area contributed by atoms with Gasteiger partial charge in [-0.05, 0) is 24.3 Å². The van der Waals surface area contributed by atoms with E-state index in [1.807, 2.05) is 0 Å². The third kappa shape index (κ3) is 1.60. The maximum Gasteiger partial charge on any atom is 0.206 e. The molecule has 18 heavy (non-hydrogen) atoms. The topological polar surface area (TPSA) is 56.7 Å². The maximum atomic E-state index is 13.3. The van der Waals surface area contributed by atoms with E-state index in [0.717, 1.165) is 5.52 Å². The van der Waals surface area contributed by atoms with Crippen LogP contribution in [-0.2, 0) is 0 Å². The molecule has 0 radical (unpaired) electrons. The standard InChI is InChI=1S/C12H8ClFN4/c13-8-2-1-7(14)5-11(8)18-10-3-4-16-6-9(10)17-12(18)15/h1-6H,(H2,15,17). The van der Waals surface area contributed by atoms with Gasteiger partial charge in [-0.15, -0.1) is 0 Å². The Morgan fingerprint density at radius 2 is 2.11 bits per heavy atom. The Balaban J connectivity index is 2.37. The minimum absolute atomic E-state index is 0.241. The number of hydrogen-bond acceptors (Lipinski definition) is 3. The van der Waals surface area contributed by atoms with Crippen LogP contribution in [0, 0.1) is 5.82 Å². The first kappa shape index (κ1) is 11.0. The molecule has 2 aromatic heterocycles. The molecule has 0 fully saturated rings. The summed E-state index contributed by atoms with van der Waals surface area (Å²) in [7, 11) is 0. The molecule has 0 saturated heterocycles. The predicted octanol–water partition coefficient (Wildman–Crippen LogP) is 2.80. The summed E-state index contributed by atoms with van der Waals surface area (Å²) in [6, 6.07) is 5.85. The van der Waals surface area contributed by atoms with Crippen molar-refractivity contribution >= 4 is 28.6 Å². The molecule has 0 spiro atoms. The molecular formula is C12H8ClFN4. The van der Waals surface area contributed by atoms with E-state index >= 15 is 0 Å². The number of anilines is 1. The van der Waals surface area contributed by atoms with Crippen molar-refractivity contribution in [3.63, 3.8) is 0 Å². The van der Waals surface area contributed by atoms with Gasteiger partial charge in [0.2, 0.25) is 5.95 Å². The van der Waals surface area contributed by atoms with Crippen molar-refractivity contribution < 1.29 is 4.39 Å². The Hall–Kier alpha value is -2.14. The van der Waals surface area contributed by atoms with Gasteiger partial charge in [0.05, 0.1) is 22.4 Å². The third-order valence-corrected chi connectivity index (χ3v) is 2.95. The summed E-state index contributed by atoms with van der Waals surface area (Å²) in [4.78, 5) is 8.12. The molecule has 0 amide bonds. The van der Waals surface area contributed by atoms with Crippen molar-refractivity contribution in [2.75, 3.05) is 5.73 Å². The second-order valence-corrected chi connectivity index (χ2v) is 4.17. The van der Waals surface area contributed by atoms with E-state index in [9.17, 15) is 4.39 Å². The van der Waals surface area contributed by atoms with E-state index in [1.54, 1.807) is 23.0 Å². The smallest absolute Gasteiger partial charge is 0.206 e. The average Bonchev–Trinajstić information content (AvgIpc) is 2.68. The van der Waals surface area contributed by atoms with Crippen LogP contribution in [0.15, 0.2) is 36.7 Å². The fraction of sp³-hybridized carbons (Fsp3) is 0. The second kappa shape index (κ2) is 3.96. The first-order chi connectivity index (χ1) is 8.66. The molecule has 6 heteroatoms. The quantitative estimate of drug-likeness (QED) is 0.734. The zero-order valence-electron chi connectivity index (χ0n) is 9.14. The Morgan fingerprint density at radius 1 is 1.28 bits per heavy atom. The van der Waals surface area contributed by atoms with Crippen LogP contribution in [0.5, 0.6) is 0 Å². The number of nitrogens with zero attached hydrogens (tertiary/aromatic N) is 3. The van der Waals surface area contributed by atoms with Crippen molar-refractivity contribution in [2.45, 2.75) is 0 Å². The minimum Gasteiger partial charge on any atom is -0.369 e. The molecule has 3 aromatic rings. The first-order valence-electron chi connectivity index (χ1n) is 5.20. The molecule has 2 N–H and O–H groups in total. The lowest BCUT2D eigenvalue weighted by Gasteiger charge is -2.08. The lowest BCUT2D eigenvalue weighted by molar-refractivity contribution is 0.627. The van der Waals surface area contributed by atoms with Crippen LogP contribution in [0.1, 0.15) is 0 Å². The van der Waals surface area contributed by atoms with Crippen LogP contribution in [0.25, 0.3) is 16.7 Å². The van der Waals surface area contributed by atoms with Gasteiger partial charge in [-0.25, -0.2) is 9.37 Å². The highest BCUT2D eigenvalue weighted by Crippen LogP contribution is 2.28. The van der Waals surface area contributed by atoms with Crippen molar-refractivity contribution in [3.8, 4) is 5.69 Å². The molecule has 90 valence electrons. The summed E-state index contributed by atoms with van der Waals surface area (Å²) >= 11 is 6.07. The van der Waals surface area contributed by atoms with Gasteiger partial charge in [0.1, 0.15) is 11.3 Å². The fourth-order valence-electron chi connectivity index (χ4n) is 1.86. The molecule has 0 atom stereocenters. The molecule has 4 nitrogen and oxygen atoms in total. The Bertz CT molecular complexity index is 738. The largest absolute Gasteiger partial charge is 0.369 e. The number of nitrogens with two attached hydrogens (primary N) is 1. The van der Waals surface area contributed by atoms with Crippen LogP contribution in [0.4, 0.5) is 10.3 Å². The summed E-state index contributed by atoms with van der Waals surface area (Å²) in [6.45, 7) is 0. The maximum absolute atomic E-state index is 13.3. The number of nitrogen functional groups attached to an aromatic ring is 1. The van der Waals surface area contributed by atoms with Crippen molar-refractivity contribution in [1.29, 1.82) is 0 Å². The lowest BCUT2D eigenvalue weighted by atomic mass is 10.3. The number of aromatic nitrogens is 3. The number of pyridine rings is 1. The SMILES string of the molecule is Nc1nc2cnccc2n1-c1cc(F)ccc1Cl. The number of benzene rings is 1. The van der Waals surface area contributed by atoms with E-state index in [2.05, 4.69) is 9.97 Å². The van der Waals surface area contributed by atoms with Crippen LogP contribution in [0.2, 0.25) is 5.02 Å². The van der Waals surface area contributed by atoms with E-state index in [-0.39, 0.29) is 11.8 Å². The van der Waals surface area contributed by atoms with Crippen LogP contribution in [0.3, 0.4) is 0 Å². The van der Waals surface area contributed by atoms with Gasteiger partial charge in [-0.2, -0.15) is 0 Å². The molecule has 2 heterocycles. The van der Waals surface area contributed by atoms with Crippen molar-refractivity contribution in [1.82, 2.24) is 14.5 Å². The highest BCUT2D eigenvalue weighted by molar-refractivity contribution is 6.32. The normalized spacial score (nSPS) is 11.0. The summed E-state index contributed by atoms with van der Waals surface area (Å²) in [5.74, 6) is -0.143. The zero-order chi connectivity index (χ0) is 12.7. The van der Waals surface area contributed by atoms with Crippen LogP contribution in [-0.4, -0.2) is 14.5 Å². The number of halogens is 2. The third-order valence-electron chi connectivity index (χ3n) is 2.63. The van der Waals surface area contributed by atoms with E-state index in [1.165, 1.54) is 18.2 Å². The van der Waals surface area contributed by atoms with Gasteiger partial charge >= 0.3 is 0 Å². The van der Waals surface area contributed by atoms with E-state index < -0.39 is 0 Å². The highest BCUT2D eigenvalue weighted by Gasteiger charge is 2.13. The molecule has 1 aromatic carbocycles. The number of imidazole rings is 1. The lowest BCUT2D eigenvalue weighted by Crippen LogP contribution is -2.01. The van der Waals surface area contributed by atoms with Gasteiger partial charge in [0, 0.05) is 6.20 Å². The van der Waals surface area contributed by atoms with Crippen molar-refractivity contribution in [2.24, 2.45) is 0 Å². The summed E-state index contributed by atoms with van der Waals surface area (Å²) in [5.41, 5.74) is 7.67. The van der Waals surface area contributed by atoms with Gasteiger partial charge in [0.15, 0.2) is 0 Å². The summed E-state index contributed by atoms with van der Waals surface area (Å²) in [5, 5.41) is 0.402. The van der Waals surface area contributed by atoms with Gasteiger partial charge in [-0.3, -0.25) is 9.55 Å². The molecule has 0 aliphatic heterocycles. The molecule has 0 aliphatic rings. The number of hydrogen-bond donors (Lipinski definition) is 1. The molecule has 0 bridgehead atoms. The van der Waals surface area contributed by atoms with Crippen LogP contribution < -0.4 is 5.73 Å².